The number of hydrazone groups is 1. The minimum absolute atomic E-state index is 0.346. The van der Waals surface area contributed by atoms with Gasteiger partial charge in [-0.3, -0.25) is 4.79 Å². The SMILES string of the molecule is CCOc1cc(/C=N/NC(=O)c2ccc(OCc3ccccc3)c(OC)c2)cc(Br)c1OCc1ccc(Cl)cc1. The normalized spacial score (nSPS) is 10.8. The molecule has 0 radical (unpaired) electrons. The second-order valence-corrected chi connectivity index (χ2v) is 9.81. The summed E-state index contributed by atoms with van der Waals surface area (Å²) in [7, 11) is 1.53. The van der Waals surface area contributed by atoms with Crippen LogP contribution < -0.4 is 24.4 Å². The van der Waals surface area contributed by atoms with Crippen LogP contribution >= 0.6 is 27.5 Å². The number of nitrogens with zero attached hydrogens (tertiary/aromatic N) is 1. The van der Waals surface area contributed by atoms with Crippen LogP contribution in [0.3, 0.4) is 0 Å². The molecule has 1 N–H and O–H groups in total. The number of halogens is 2. The average Bonchev–Trinajstić information content (AvgIpc) is 2.97. The third kappa shape index (κ3) is 8.00. The summed E-state index contributed by atoms with van der Waals surface area (Å²) < 4.78 is 23.8. The van der Waals surface area contributed by atoms with Crippen LogP contribution in [0.25, 0.3) is 0 Å². The summed E-state index contributed by atoms with van der Waals surface area (Å²) in [6.07, 6.45) is 1.53. The van der Waals surface area contributed by atoms with Gasteiger partial charge in [-0.05, 0) is 82.0 Å². The molecule has 0 bridgehead atoms. The van der Waals surface area contributed by atoms with E-state index < -0.39 is 5.91 Å². The van der Waals surface area contributed by atoms with Gasteiger partial charge in [-0.15, -0.1) is 0 Å². The number of carbonyl (C=O) groups is 1. The predicted molar refractivity (Wildman–Crippen MR) is 160 cm³/mol. The van der Waals surface area contributed by atoms with Crippen molar-refractivity contribution in [1.29, 1.82) is 0 Å². The summed E-state index contributed by atoms with van der Waals surface area (Å²) in [6, 6.07) is 25.8. The lowest BCUT2D eigenvalue weighted by Gasteiger charge is -2.15. The van der Waals surface area contributed by atoms with Crippen LogP contribution in [0.4, 0.5) is 0 Å². The molecule has 0 aliphatic heterocycles. The Bertz CT molecular complexity index is 1460. The number of hydrogen-bond acceptors (Lipinski definition) is 6. The molecule has 0 unspecified atom stereocenters. The van der Waals surface area contributed by atoms with Crippen LogP contribution in [-0.4, -0.2) is 25.8 Å². The van der Waals surface area contributed by atoms with Gasteiger partial charge in [0.15, 0.2) is 23.0 Å². The third-order valence-electron chi connectivity index (χ3n) is 5.67. The molecule has 0 saturated heterocycles. The van der Waals surface area contributed by atoms with Crippen molar-refractivity contribution >= 4 is 39.7 Å². The number of carbonyl (C=O) groups excluding carboxylic acids is 1. The number of amides is 1. The molecule has 0 fully saturated rings. The Morgan fingerprint density at radius 1 is 0.875 bits per heavy atom. The van der Waals surface area contributed by atoms with Crippen molar-refractivity contribution in [3.05, 3.63) is 117 Å². The Hall–Kier alpha value is -4.01. The molecule has 1 amide bonds. The highest BCUT2D eigenvalue weighted by Crippen LogP contribution is 2.37. The van der Waals surface area contributed by atoms with Gasteiger partial charge < -0.3 is 18.9 Å². The lowest BCUT2D eigenvalue weighted by Crippen LogP contribution is -2.17. The van der Waals surface area contributed by atoms with Crippen molar-refractivity contribution in [2.24, 2.45) is 5.10 Å². The number of benzene rings is 4. The van der Waals surface area contributed by atoms with Crippen molar-refractivity contribution in [1.82, 2.24) is 5.43 Å². The van der Waals surface area contributed by atoms with E-state index in [1.165, 1.54) is 13.3 Å². The van der Waals surface area contributed by atoms with E-state index in [1.807, 2.05) is 67.6 Å². The summed E-state index contributed by atoms with van der Waals surface area (Å²) >= 11 is 9.53. The molecule has 4 rings (SSSR count). The van der Waals surface area contributed by atoms with Crippen molar-refractivity contribution in [2.75, 3.05) is 13.7 Å². The molecule has 40 heavy (non-hydrogen) atoms. The summed E-state index contributed by atoms with van der Waals surface area (Å²) in [5.41, 5.74) is 5.63. The van der Waals surface area contributed by atoms with Gasteiger partial charge in [-0.2, -0.15) is 5.10 Å². The van der Waals surface area contributed by atoms with E-state index in [1.54, 1.807) is 24.3 Å². The van der Waals surface area contributed by atoms with Crippen molar-refractivity contribution in [2.45, 2.75) is 20.1 Å². The number of ether oxygens (including phenoxy) is 4. The van der Waals surface area contributed by atoms with Gasteiger partial charge in [-0.1, -0.05) is 54.1 Å². The lowest BCUT2D eigenvalue weighted by molar-refractivity contribution is 0.0954. The quantitative estimate of drug-likeness (QED) is 0.131. The highest BCUT2D eigenvalue weighted by molar-refractivity contribution is 9.10. The van der Waals surface area contributed by atoms with Crippen LogP contribution in [0.2, 0.25) is 5.02 Å². The van der Waals surface area contributed by atoms with Crippen molar-refractivity contribution < 1.29 is 23.7 Å². The molecule has 0 aliphatic carbocycles. The Labute approximate surface area is 246 Å². The molecular formula is C31H28BrClN2O5. The van der Waals surface area contributed by atoms with Gasteiger partial charge in [0.05, 0.1) is 24.4 Å². The molecule has 7 nitrogen and oxygen atoms in total. The first-order chi connectivity index (χ1) is 19.5. The van der Waals surface area contributed by atoms with Crippen LogP contribution in [0.5, 0.6) is 23.0 Å². The monoisotopic (exact) mass is 622 g/mol. The highest BCUT2D eigenvalue weighted by Gasteiger charge is 2.14. The zero-order valence-corrected chi connectivity index (χ0v) is 24.4. The highest BCUT2D eigenvalue weighted by atomic mass is 79.9. The van der Waals surface area contributed by atoms with Crippen LogP contribution in [0, 0.1) is 0 Å². The molecule has 9 heteroatoms. The van der Waals surface area contributed by atoms with E-state index in [9.17, 15) is 4.79 Å². The fraction of sp³-hybridized carbons (Fsp3) is 0.161. The maximum Gasteiger partial charge on any atom is 0.271 e. The van der Waals surface area contributed by atoms with Crippen LogP contribution in [0.15, 0.2) is 94.5 Å². The number of hydrogen-bond donors (Lipinski definition) is 1. The third-order valence-corrected chi connectivity index (χ3v) is 6.51. The molecular weight excluding hydrogens is 596 g/mol. The van der Waals surface area contributed by atoms with Gasteiger partial charge in [0, 0.05) is 10.6 Å². The van der Waals surface area contributed by atoms with E-state index in [2.05, 4.69) is 26.5 Å². The Balaban J connectivity index is 1.40. The zero-order valence-electron chi connectivity index (χ0n) is 22.0. The van der Waals surface area contributed by atoms with E-state index in [0.717, 1.165) is 11.1 Å². The van der Waals surface area contributed by atoms with Crippen molar-refractivity contribution in [3.8, 4) is 23.0 Å². The van der Waals surface area contributed by atoms with Gasteiger partial charge in [-0.25, -0.2) is 5.43 Å². The zero-order chi connectivity index (χ0) is 28.3. The number of nitrogens with one attached hydrogen (secondary N) is 1. The minimum Gasteiger partial charge on any atom is -0.493 e. The fourth-order valence-electron chi connectivity index (χ4n) is 3.69. The average molecular weight is 624 g/mol. The molecule has 4 aromatic rings. The lowest BCUT2D eigenvalue weighted by atomic mass is 10.2. The van der Waals surface area contributed by atoms with Crippen molar-refractivity contribution in [3.63, 3.8) is 0 Å². The van der Waals surface area contributed by atoms with E-state index in [4.69, 9.17) is 30.5 Å². The Morgan fingerprint density at radius 3 is 2.33 bits per heavy atom. The van der Waals surface area contributed by atoms with Gasteiger partial charge in [0.25, 0.3) is 5.91 Å². The molecule has 4 aromatic carbocycles. The first-order valence-electron chi connectivity index (χ1n) is 12.5. The molecule has 0 aliphatic rings. The maximum atomic E-state index is 12.7. The van der Waals surface area contributed by atoms with Crippen LogP contribution in [0.1, 0.15) is 34.0 Å². The second kappa shape index (κ2) is 14.4. The second-order valence-electron chi connectivity index (χ2n) is 8.52. The molecule has 0 saturated carbocycles. The molecule has 0 atom stereocenters. The standard InChI is InChI=1S/C31H28BrClN2O5/c1-3-38-29-16-23(15-26(32)30(29)40-20-22-9-12-25(33)13-10-22)18-34-35-31(36)24-11-14-27(28(17-24)37-2)39-19-21-7-5-4-6-8-21/h4-18H,3,19-20H2,1-2H3,(H,35,36)/b34-18+. The number of rotatable bonds is 12. The predicted octanol–water partition coefficient (Wildman–Crippen LogP) is 7.43. The molecule has 206 valence electrons. The van der Waals surface area contributed by atoms with Gasteiger partial charge in [0.2, 0.25) is 0 Å². The minimum atomic E-state index is -0.392. The summed E-state index contributed by atoms with van der Waals surface area (Å²) in [6.45, 7) is 3.08. The summed E-state index contributed by atoms with van der Waals surface area (Å²) in [5, 5.41) is 4.79. The van der Waals surface area contributed by atoms with Gasteiger partial charge >= 0.3 is 0 Å². The fourth-order valence-corrected chi connectivity index (χ4v) is 4.40. The first-order valence-corrected chi connectivity index (χ1v) is 13.7. The Morgan fingerprint density at radius 2 is 1.60 bits per heavy atom. The molecule has 0 heterocycles. The van der Waals surface area contributed by atoms with E-state index in [0.29, 0.717) is 63.4 Å². The largest absolute Gasteiger partial charge is 0.493 e. The summed E-state index contributed by atoms with van der Waals surface area (Å²) in [4.78, 5) is 12.7. The maximum absolute atomic E-state index is 12.7. The number of methoxy groups -OCH3 is 1. The Kier molecular flexibility index (Phi) is 10.4. The van der Waals surface area contributed by atoms with Gasteiger partial charge in [0.1, 0.15) is 13.2 Å². The van der Waals surface area contributed by atoms with Crippen LogP contribution in [-0.2, 0) is 13.2 Å². The smallest absolute Gasteiger partial charge is 0.271 e. The van der Waals surface area contributed by atoms with E-state index >= 15 is 0 Å². The topological polar surface area (TPSA) is 78.4 Å². The molecule has 0 aromatic heterocycles. The first kappa shape index (κ1) is 29.0. The molecule has 0 spiro atoms. The summed E-state index contributed by atoms with van der Waals surface area (Å²) in [5.74, 6) is 1.72. The van der Waals surface area contributed by atoms with E-state index in [-0.39, 0.29) is 0 Å².